The molecule has 0 unspecified atom stereocenters. The van der Waals surface area contributed by atoms with Crippen LogP contribution < -0.4 is 10.6 Å². The molecule has 0 aromatic heterocycles. The van der Waals surface area contributed by atoms with E-state index in [0.29, 0.717) is 26.2 Å². The van der Waals surface area contributed by atoms with Crippen LogP contribution in [0.15, 0.2) is 30.4 Å². The Kier molecular flexibility index (Phi) is 4.47. The van der Waals surface area contributed by atoms with E-state index in [4.69, 9.17) is 10.8 Å². The lowest BCUT2D eigenvalue weighted by Crippen LogP contribution is -2.48. The summed E-state index contributed by atoms with van der Waals surface area (Å²) in [4.78, 5) is 26.0. The van der Waals surface area contributed by atoms with Gasteiger partial charge in [0.25, 0.3) is 0 Å². The van der Waals surface area contributed by atoms with Gasteiger partial charge in [0.15, 0.2) is 0 Å². The number of hydrogen-bond donors (Lipinski definition) is 2. The molecule has 1 aromatic carbocycles. The van der Waals surface area contributed by atoms with Gasteiger partial charge >= 0.3 is 5.97 Å². The number of carboxylic acid groups (broad SMARTS) is 1. The Balaban J connectivity index is 1.95. The van der Waals surface area contributed by atoms with Crippen LogP contribution >= 0.6 is 0 Å². The van der Waals surface area contributed by atoms with Crippen molar-refractivity contribution in [3.63, 3.8) is 0 Å². The van der Waals surface area contributed by atoms with Crippen molar-refractivity contribution in [2.24, 2.45) is 0 Å². The normalized spacial score (nSPS) is 15.5. The first kappa shape index (κ1) is 14.9. The van der Waals surface area contributed by atoms with Crippen molar-refractivity contribution in [1.29, 1.82) is 0 Å². The summed E-state index contributed by atoms with van der Waals surface area (Å²) in [7, 11) is 0. The van der Waals surface area contributed by atoms with Crippen LogP contribution in [0.2, 0.25) is 0 Å². The lowest BCUT2D eigenvalue weighted by molar-refractivity contribution is -0.132. The second-order valence-electron chi connectivity index (χ2n) is 5.02. The van der Waals surface area contributed by atoms with Crippen LogP contribution in [0.1, 0.15) is 5.56 Å². The summed E-state index contributed by atoms with van der Waals surface area (Å²) < 4.78 is 0. The van der Waals surface area contributed by atoms with Gasteiger partial charge in [-0.3, -0.25) is 4.79 Å². The topological polar surface area (TPSA) is 86.9 Å². The van der Waals surface area contributed by atoms with E-state index in [1.54, 1.807) is 4.90 Å². The number of anilines is 2. The lowest BCUT2D eigenvalue weighted by Gasteiger charge is -2.35. The fourth-order valence-electron chi connectivity index (χ4n) is 2.26. The van der Waals surface area contributed by atoms with Gasteiger partial charge < -0.3 is 20.6 Å². The van der Waals surface area contributed by atoms with E-state index in [0.717, 1.165) is 29.1 Å². The summed E-state index contributed by atoms with van der Waals surface area (Å²) >= 11 is 0. The number of aryl methyl sites for hydroxylation is 1. The fourth-order valence-corrected chi connectivity index (χ4v) is 2.26. The van der Waals surface area contributed by atoms with Gasteiger partial charge in [-0.05, 0) is 24.6 Å². The molecular formula is C15H19N3O3. The molecule has 21 heavy (non-hydrogen) atoms. The van der Waals surface area contributed by atoms with Crippen molar-refractivity contribution in [2.75, 3.05) is 36.8 Å². The highest BCUT2D eigenvalue weighted by molar-refractivity contribution is 5.94. The van der Waals surface area contributed by atoms with E-state index in [-0.39, 0.29) is 5.91 Å². The Bertz CT molecular complexity index is 576. The minimum atomic E-state index is -1.11. The van der Waals surface area contributed by atoms with E-state index in [1.807, 2.05) is 25.1 Å². The van der Waals surface area contributed by atoms with Crippen LogP contribution in [0, 0.1) is 6.92 Å². The van der Waals surface area contributed by atoms with Gasteiger partial charge in [0.05, 0.1) is 0 Å². The third-order valence-electron chi connectivity index (χ3n) is 3.59. The summed E-state index contributed by atoms with van der Waals surface area (Å²) in [6, 6.07) is 5.95. The number of nitrogens with zero attached hydrogens (tertiary/aromatic N) is 2. The second-order valence-corrected chi connectivity index (χ2v) is 5.02. The number of rotatable bonds is 3. The quantitative estimate of drug-likeness (QED) is 0.637. The minimum absolute atomic E-state index is 0.263. The summed E-state index contributed by atoms with van der Waals surface area (Å²) in [6.07, 6.45) is 1.97. The first-order valence-corrected chi connectivity index (χ1v) is 6.78. The molecule has 0 saturated carbocycles. The summed E-state index contributed by atoms with van der Waals surface area (Å²) in [5, 5.41) is 8.52. The number of carboxylic acids is 1. The molecule has 1 amide bonds. The summed E-state index contributed by atoms with van der Waals surface area (Å²) in [6.45, 7) is 4.50. The number of hydrogen-bond acceptors (Lipinski definition) is 4. The van der Waals surface area contributed by atoms with Crippen molar-refractivity contribution in [1.82, 2.24) is 4.90 Å². The van der Waals surface area contributed by atoms with Crippen LogP contribution in [0.3, 0.4) is 0 Å². The number of piperazine rings is 1. The third-order valence-corrected chi connectivity index (χ3v) is 3.59. The maximum absolute atomic E-state index is 11.8. The van der Waals surface area contributed by atoms with Gasteiger partial charge in [-0.1, -0.05) is 6.07 Å². The van der Waals surface area contributed by atoms with Crippen molar-refractivity contribution < 1.29 is 14.7 Å². The van der Waals surface area contributed by atoms with Gasteiger partial charge in [0.1, 0.15) is 0 Å². The standard InChI is InChI=1S/C15H19N3O3/c1-11-2-3-12(10-13(11)16)17-6-8-18(9-7-17)14(19)4-5-15(20)21/h2-5,10H,6-9,16H2,1H3,(H,20,21)/b5-4+. The Hall–Kier alpha value is -2.50. The zero-order chi connectivity index (χ0) is 15.4. The Morgan fingerprint density at radius 1 is 1.19 bits per heavy atom. The van der Waals surface area contributed by atoms with Crippen molar-refractivity contribution in [3.8, 4) is 0 Å². The Morgan fingerprint density at radius 3 is 2.43 bits per heavy atom. The molecule has 0 atom stereocenters. The molecule has 1 aliphatic heterocycles. The van der Waals surface area contributed by atoms with Crippen LogP contribution in [0.5, 0.6) is 0 Å². The van der Waals surface area contributed by atoms with Gasteiger partial charge in [-0.25, -0.2) is 4.79 Å². The first-order chi connectivity index (χ1) is 9.97. The Morgan fingerprint density at radius 2 is 1.86 bits per heavy atom. The Labute approximate surface area is 123 Å². The largest absolute Gasteiger partial charge is 0.478 e. The average molecular weight is 289 g/mol. The number of nitrogens with two attached hydrogens (primary N) is 1. The average Bonchev–Trinajstić information content (AvgIpc) is 2.48. The summed E-state index contributed by atoms with van der Waals surface area (Å²) in [5.74, 6) is -1.38. The van der Waals surface area contributed by atoms with E-state index in [2.05, 4.69) is 4.90 Å². The molecule has 1 heterocycles. The maximum Gasteiger partial charge on any atom is 0.328 e. The second kappa shape index (κ2) is 6.30. The van der Waals surface area contributed by atoms with E-state index < -0.39 is 5.97 Å². The van der Waals surface area contributed by atoms with Gasteiger partial charge in [-0.15, -0.1) is 0 Å². The maximum atomic E-state index is 11.8. The number of benzene rings is 1. The molecular weight excluding hydrogens is 270 g/mol. The molecule has 1 fully saturated rings. The highest BCUT2D eigenvalue weighted by Crippen LogP contribution is 2.22. The van der Waals surface area contributed by atoms with Gasteiger partial charge in [0.2, 0.25) is 5.91 Å². The number of amides is 1. The molecule has 1 saturated heterocycles. The molecule has 6 nitrogen and oxygen atoms in total. The molecule has 0 spiro atoms. The SMILES string of the molecule is Cc1ccc(N2CCN(C(=O)/C=C/C(=O)O)CC2)cc1N. The van der Waals surface area contributed by atoms with E-state index >= 15 is 0 Å². The number of aliphatic carboxylic acids is 1. The summed E-state index contributed by atoms with van der Waals surface area (Å²) in [5.41, 5.74) is 8.77. The highest BCUT2D eigenvalue weighted by atomic mass is 16.4. The zero-order valence-electron chi connectivity index (χ0n) is 12.0. The lowest BCUT2D eigenvalue weighted by atomic mass is 10.1. The monoisotopic (exact) mass is 289 g/mol. The molecule has 0 aliphatic carbocycles. The molecule has 0 bridgehead atoms. The number of carbonyl (C=O) groups excluding carboxylic acids is 1. The van der Waals surface area contributed by atoms with Gasteiger partial charge in [0, 0.05) is 49.7 Å². The smallest absolute Gasteiger partial charge is 0.328 e. The first-order valence-electron chi connectivity index (χ1n) is 6.78. The molecule has 112 valence electrons. The van der Waals surface area contributed by atoms with Crippen molar-refractivity contribution in [2.45, 2.75) is 6.92 Å². The fraction of sp³-hybridized carbons (Fsp3) is 0.333. The van der Waals surface area contributed by atoms with Crippen molar-refractivity contribution in [3.05, 3.63) is 35.9 Å². The molecule has 0 radical (unpaired) electrons. The molecule has 1 aliphatic rings. The molecule has 3 N–H and O–H groups in total. The number of nitrogen functional groups attached to an aromatic ring is 1. The van der Waals surface area contributed by atoms with Crippen LogP contribution in [-0.4, -0.2) is 48.1 Å². The molecule has 6 heteroatoms. The number of carbonyl (C=O) groups is 2. The van der Waals surface area contributed by atoms with Crippen LogP contribution in [0.25, 0.3) is 0 Å². The van der Waals surface area contributed by atoms with E-state index in [9.17, 15) is 9.59 Å². The van der Waals surface area contributed by atoms with Crippen LogP contribution in [-0.2, 0) is 9.59 Å². The highest BCUT2D eigenvalue weighted by Gasteiger charge is 2.20. The molecule has 2 rings (SSSR count). The third kappa shape index (κ3) is 3.75. The predicted molar refractivity (Wildman–Crippen MR) is 81.2 cm³/mol. The van der Waals surface area contributed by atoms with Crippen molar-refractivity contribution >= 4 is 23.3 Å². The minimum Gasteiger partial charge on any atom is -0.478 e. The van der Waals surface area contributed by atoms with Gasteiger partial charge in [-0.2, -0.15) is 0 Å². The molecule has 1 aromatic rings. The zero-order valence-corrected chi connectivity index (χ0v) is 12.0. The van der Waals surface area contributed by atoms with E-state index in [1.165, 1.54) is 0 Å². The predicted octanol–water partition coefficient (Wildman–Crippen LogP) is 0.867. The van der Waals surface area contributed by atoms with Crippen LogP contribution in [0.4, 0.5) is 11.4 Å².